The zero-order valence-electron chi connectivity index (χ0n) is 15.7. The molecule has 1 amide bonds. The smallest absolute Gasteiger partial charge is 0.251 e. The van der Waals surface area contributed by atoms with Crippen molar-refractivity contribution in [2.45, 2.75) is 44.8 Å². The van der Waals surface area contributed by atoms with E-state index in [-0.39, 0.29) is 17.3 Å². The quantitative estimate of drug-likeness (QED) is 0.796. The summed E-state index contributed by atoms with van der Waals surface area (Å²) in [5, 5.41) is 3.11. The van der Waals surface area contributed by atoms with Gasteiger partial charge in [-0.3, -0.25) is 9.59 Å². The van der Waals surface area contributed by atoms with Gasteiger partial charge in [0.1, 0.15) is 0 Å². The Labute approximate surface area is 155 Å². The number of hydrogen-bond donors (Lipinski definition) is 1. The first-order valence-corrected chi connectivity index (χ1v) is 9.82. The average molecular weight is 356 g/mol. The van der Waals surface area contributed by atoms with Crippen LogP contribution in [-0.2, 0) is 4.74 Å². The number of rotatable bonds is 6. The molecule has 140 valence electrons. The molecule has 1 N–H and O–H groups in total. The van der Waals surface area contributed by atoms with Crippen LogP contribution in [0.25, 0.3) is 0 Å². The first-order chi connectivity index (χ1) is 12.5. The third kappa shape index (κ3) is 2.97. The molecule has 0 unspecified atom stereocenters. The second kappa shape index (κ2) is 6.78. The highest BCUT2D eigenvalue weighted by atomic mass is 16.5. The first kappa shape index (κ1) is 17.7. The molecule has 26 heavy (non-hydrogen) atoms. The minimum atomic E-state index is -0.0691. The highest BCUT2D eigenvalue weighted by molar-refractivity contribution is 5.97. The van der Waals surface area contributed by atoms with Crippen LogP contribution in [-0.4, -0.2) is 54.5 Å². The Morgan fingerprint density at radius 1 is 1.27 bits per heavy atom. The van der Waals surface area contributed by atoms with Gasteiger partial charge in [-0.25, -0.2) is 0 Å². The summed E-state index contributed by atoms with van der Waals surface area (Å²) < 4.78 is 6.42. The fourth-order valence-corrected chi connectivity index (χ4v) is 5.22. The fourth-order valence-electron chi connectivity index (χ4n) is 5.22. The number of benzene rings is 1. The van der Waals surface area contributed by atoms with Gasteiger partial charge in [-0.05, 0) is 44.9 Å². The Balaban J connectivity index is 1.39. The molecule has 5 heteroatoms. The number of carbonyl (C=O) groups excluding carboxylic acids is 2. The number of amides is 1. The van der Waals surface area contributed by atoms with Crippen LogP contribution >= 0.6 is 0 Å². The van der Waals surface area contributed by atoms with Gasteiger partial charge in [0.2, 0.25) is 0 Å². The predicted octanol–water partition coefficient (Wildman–Crippen LogP) is 2.51. The molecular formula is C21H28N2O3. The van der Waals surface area contributed by atoms with E-state index in [4.69, 9.17) is 4.74 Å². The van der Waals surface area contributed by atoms with Crippen molar-refractivity contribution in [2.75, 3.05) is 26.2 Å². The van der Waals surface area contributed by atoms with Crippen molar-refractivity contribution in [3.8, 4) is 0 Å². The van der Waals surface area contributed by atoms with Gasteiger partial charge in [0.15, 0.2) is 5.78 Å². The number of nitrogens with zero attached hydrogens (tertiary/aromatic N) is 1. The molecule has 5 nitrogen and oxygen atoms in total. The SMILES string of the molecule is CCCN1C[C@@H]2[C@H](CNC(=O)c3ccc(C(C)=O)cc3)[C@H]3CC[C@]2(C1)O3. The Hall–Kier alpha value is -1.72. The van der Waals surface area contributed by atoms with Crippen LogP contribution in [0.3, 0.4) is 0 Å². The van der Waals surface area contributed by atoms with E-state index in [0.717, 1.165) is 26.1 Å². The molecule has 0 saturated carbocycles. The van der Waals surface area contributed by atoms with Gasteiger partial charge in [0, 0.05) is 42.6 Å². The van der Waals surface area contributed by atoms with Crippen LogP contribution in [0.4, 0.5) is 0 Å². The molecule has 2 bridgehead atoms. The van der Waals surface area contributed by atoms with Gasteiger partial charge in [-0.1, -0.05) is 19.1 Å². The molecule has 0 radical (unpaired) electrons. The van der Waals surface area contributed by atoms with Crippen molar-refractivity contribution < 1.29 is 14.3 Å². The lowest BCUT2D eigenvalue weighted by molar-refractivity contribution is 0.00279. The topological polar surface area (TPSA) is 58.6 Å². The van der Waals surface area contributed by atoms with E-state index in [1.807, 2.05) is 0 Å². The van der Waals surface area contributed by atoms with Gasteiger partial charge in [-0.15, -0.1) is 0 Å². The lowest BCUT2D eigenvalue weighted by Crippen LogP contribution is -2.41. The van der Waals surface area contributed by atoms with E-state index < -0.39 is 0 Å². The minimum Gasteiger partial charge on any atom is -0.370 e. The fraction of sp³-hybridized carbons (Fsp3) is 0.619. The predicted molar refractivity (Wildman–Crippen MR) is 99.3 cm³/mol. The molecule has 0 aliphatic carbocycles. The summed E-state index contributed by atoms with van der Waals surface area (Å²) in [6.07, 6.45) is 3.75. The Kier molecular flexibility index (Phi) is 4.61. The number of hydrogen-bond acceptors (Lipinski definition) is 4. The van der Waals surface area contributed by atoms with Crippen LogP contribution in [0, 0.1) is 11.8 Å². The molecule has 1 aromatic carbocycles. The third-order valence-electron chi connectivity index (χ3n) is 6.45. The van der Waals surface area contributed by atoms with E-state index in [1.165, 1.54) is 19.8 Å². The normalized spacial score (nSPS) is 32.6. The number of ketones is 1. The van der Waals surface area contributed by atoms with Crippen LogP contribution in [0.2, 0.25) is 0 Å². The molecular weight excluding hydrogens is 328 g/mol. The van der Waals surface area contributed by atoms with Gasteiger partial charge in [0.05, 0.1) is 11.7 Å². The van der Waals surface area contributed by atoms with Crippen LogP contribution in [0.15, 0.2) is 24.3 Å². The van der Waals surface area contributed by atoms with Crippen molar-refractivity contribution in [1.29, 1.82) is 0 Å². The van der Waals surface area contributed by atoms with Crippen LogP contribution in [0.1, 0.15) is 53.8 Å². The van der Waals surface area contributed by atoms with E-state index in [2.05, 4.69) is 17.1 Å². The van der Waals surface area contributed by atoms with E-state index >= 15 is 0 Å². The van der Waals surface area contributed by atoms with Crippen molar-refractivity contribution >= 4 is 11.7 Å². The van der Waals surface area contributed by atoms with Crippen LogP contribution in [0.5, 0.6) is 0 Å². The molecule has 3 fully saturated rings. The Bertz CT molecular complexity index is 702. The first-order valence-electron chi connectivity index (χ1n) is 9.82. The molecule has 3 aliphatic heterocycles. The second-order valence-electron chi connectivity index (χ2n) is 8.11. The largest absolute Gasteiger partial charge is 0.370 e. The van der Waals surface area contributed by atoms with Crippen LogP contribution < -0.4 is 5.32 Å². The molecule has 1 spiro atoms. The Morgan fingerprint density at radius 3 is 2.69 bits per heavy atom. The van der Waals surface area contributed by atoms with Gasteiger partial charge < -0.3 is 15.0 Å². The monoisotopic (exact) mass is 356 g/mol. The van der Waals surface area contributed by atoms with E-state index in [0.29, 0.717) is 35.6 Å². The molecule has 3 aliphatic rings. The van der Waals surface area contributed by atoms with Crippen molar-refractivity contribution in [3.63, 3.8) is 0 Å². The molecule has 3 heterocycles. The minimum absolute atomic E-state index is 0.0132. The lowest BCUT2D eigenvalue weighted by Gasteiger charge is -2.29. The number of ether oxygens (including phenoxy) is 1. The summed E-state index contributed by atoms with van der Waals surface area (Å²) in [5.41, 5.74) is 1.28. The number of likely N-dealkylation sites (tertiary alicyclic amines) is 1. The summed E-state index contributed by atoms with van der Waals surface area (Å²) in [5.74, 6) is 0.888. The average Bonchev–Trinajstić information content (AvgIpc) is 3.28. The second-order valence-corrected chi connectivity index (χ2v) is 8.11. The highest BCUT2D eigenvalue weighted by Gasteiger charge is 2.62. The molecule has 1 aromatic rings. The van der Waals surface area contributed by atoms with Gasteiger partial charge in [-0.2, -0.15) is 0 Å². The lowest BCUT2D eigenvalue weighted by atomic mass is 9.73. The number of nitrogens with one attached hydrogen (secondary N) is 1. The molecule has 0 aromatic heterocycles. The number of Topliss-reactive ketones (excluding diaryl/α,β-unsaturated/α-hetero) is 1. The van der Waals surface area contributed by atoms with Crippen molar-refractivity contribution in [1.82, 2.24) is 10.2 Å². The maximum Gasteiger partial charge on any atom is 0.251 e. The summed E-state index contributed by atoms with van der Waals surface area (Å²) in [6.45, 7) is 7.71. The number of carbonyl (C=O) groups is 2. The Morgan fingerprint density at radius 2 is 2.00 bits per heavy atom. The van der Waals surface area contributed by atoms with Gasteiger partial charge >= 0.3 is 0 Å². The molecule has 4 atom stereocenters. The van der Waals surface area contributed by atoms with Crippen molar-refractivity contribution in [3.05, 3.63) is 35.4 Å². The maximum absolute atomic E-state index is 12.5. The summed E-state index contributed by atoms with van der Waals surface area (Å²) in [4.78, 5) is 26.4. The summed E-state index contributed by atoms with van der Waals surface area (Å²) >= 11 is 0. The zero-order valence-corrected chi connectivity index (χ0v) is 15.7. The molecule has 4 rings (SSSR count). The molecule has 3 saturated heterocycles. The van der Waals surface area contributed by atoms with Gasteiger partial charge in [0.25, 0.3) is 5.91 Å². The standard InChI is InChI=1S/C21H28N2O3/c1-3-10-23-12-18-17(19-8-9-21(18,13-23)26-19)11-22-20(25)16-6-4-15(5-7-16)14(2)24/h4-7,17-19H,3,8-13H2,1-2H3,(H,22,25)/t17-,18+,19+,21+/m0/s1. The van der Waals surface area contributed by atoms with Crippen molar-refractivity contribution in [2.24, 2.45) is 11.8 Å². The maximum atomic E-state index is 12.5. The number of fused-ring (bicyclic) bond motifs is 1. The zero-order chi connectivity index (χ0) is 18.3. The highest BCUT2D eigenvalue weighted by Crippen LogP contribution is 2.54. The third-order valence-corrected chi connectivity index (χ3v) is 6.45. The van der Waals surface area contributed by atoms with E-state index in [9.17, 15) is 9.59 Å². The summed E-state index contributed by atoms with van der Waals surface area (Å²) in [7, 11) is 0. The summed E-state index contributed by atoms with van der Waals surface area (Å²) in [6, 6.07) is 6.88. The van der Waals surface area contributed by atoms with E-state index in [1.54, 1.807) is 24.3 Å².